The lowest BCUT2D eigenvalue weighted by Crippen LogP contribution is -2.14. The lowest BCUT2D eigenvalue weighted by Gasteiger charge is -2.08. The van der Waals surface area contributed by atoms with E-state index in [-0.39, 0.29) is 11.8 Å². The molecule has 9 nitrogen and oxygen atoms in total. The Bertz CT molecular complexity index is 1060. The van der Waals surface area contributed by atoms with Crippen molar-refractivity contribution in [3.05, 3.63) is 65.4 Å². The minimum atomic E-state index is -0.337. The van der Waals surface area contributed by atoms with Gasteiger partial charge in [-0.2, -0.15) is 10.2 Å². The molecule has 3 rings (SSSR count). The molecule has 4 N–H and O–H groups in total. The van der Waals surface area contributed by atoms with Gasteiger partial charge >= 0.3 is 0 Å². The van der Waals surface area contributed by atoms with Crippen LogP contribution in [-0.4, -0.2) is 35.3 Å². The Labute approximate surface area is 173 Å². The van der Waals surface area contributed by atoms with E-state index < -0.39 is 0 Å². The summed E-state index contributed by atoms with van der Waals surface area (Å²) in [5.74, 6) is 0.569. The SMILES string of the molecule is COc1ccc(/C=N/Nc2n[nH]c(C)c2C(=O)Nc2ccc(NC(C)=O)cc2)cc1. The minimum absolute atomic E-state index is 0.160. The Morgan fingerprint density at radius 1 is 1.03 bits per heavy atom. The molecule has 0 bridgehead atoms. The monoisotopic (exact) mass is 406 g/mol. The molecule has 0 atom stereocenters. The summed E-state index contributed by atoms with van der Waals surface area (Å²) in [6.45, 7) is 3.18. The maximum absolute atomic E-state index is 12.7. The van der Waals surface area contributed by atoms with Crippen molar-refractivity contribution in [3.63, 3.8) is 0 Å². The summed E-state index contributed by atoms with van der Waals surface area (Å²) in [6, 6.07) is 14.2. The minimum Gasteiger partial charge on any atom is -0.497 e. The van der Waals surface area contributed by atoms with Gasteiger partial charge in [-0.05, 0) is 61.0 Å². The molecule has 3 aromatic rings. The Balaban J connectivity index is 1.67. The average Bonchev–Trinajstić information content (AvgIpc) is 3.10. The van der Waals surface area contributed by atoms with Crippen LogP contribution >= 0.6 is 0 Å². The average molecular weight is 406 g/mol. The topological polar surface area (TPSA) is 120 Å². The zero-order valence-corrected chi connectivity index (χ0v) is 16.8. The molecule has 2 amide bonds. The molecule has 0 saturated heterocycles. The van der Waals surface area contributed by atoms with Gasteiger partial charge in [-0.3, -0.25) is 20.1 Å². The van der Waals surface area contributed by atoms with Crippen LogP contribution < -0.4 is 20.8 Å². The molecule has 2 aromatic carbocycles. The molecule has 30 heavy (non-hydrogen) atoms. The molecule has 1 aromatic heterocycles. The summed E-state index contributed by atoms with van der Waals surface area (Å²) in [5, 5.41) is 16.5. The van der Waals surface area contributed by atoms with Gasteiger partial charge in [-0.15, -0.1) is 0 Å². The molecule has 0 aliphatic rings. The Kier molecular flexibility index (Phi) is 6.43. The predicted octanol–water partition coefficient (Wildman–Crippen LogP) is 3.38. The third-order valence-electron chi connectivity index (χ3n) is 4.14. The number of benzene rings is 2. The molecule has 0 unspecified atom stereocenters. The number of amides is 2. The van der Waals surface area contributed by atoms with Gasteiger partial charge in [0, 0.05) is 24.0 Å². The van der Waals surface area contributed by atoms with Gasteiger partial charge in [0.15, 0.2) is 5.82 Å². The molecular weight excluding hydrogens is 384 g/mol. The Hall–Kier alpha value is -4.14. The molecule has 0 spiro atoms. The van der Waals surface area contributed by atoms with Crippen LogP contribution in [0.5, 0.6) is 5.75 Å². The lowest BCUT2D eigenvalue weighted by molar-refractivity contribution is -0.114. The van der Waals surface area contributed by atoms with Crippen molar-refractivity contribution in [2.45, 2.75) is 13.8 Å². The summed E-state index contributed by atoms with van der Waals surface area (Å²) >= 11 is 0. The van der Waals surface area contributed by atoms with E-state index in [9.17, 15) is 9.59 Å². The number of ether oxygens (including phenoxy) is 1. The van der Waals surface area contributed by atoms with Gasteiger partial charge in [0.1, 0.15) is 11.3 Å². The highest BCUT2D eigenvalue weighted by atomic mass is 16.5. The first kappa shape index (κ1) is 20.6. The summed E-state index contributed by atoms with van der Waals surface area (Å²) in [5.41, 5.74) is 5.85. The van der Waals surface area contributed by atoms with Crippen molar-refractivity contribution < 1.29 is 14.3 Å². The van der Waals surface area contributed by atoms with Crippen molar-refractivity contribution in [1.82, 2.24) is 10.2 Å². The van der Waals surface area contributed by atoms with Gasteiger partial charge in [0.25, 0.3) is 5.91 Å². The third-order valence-corrected chi connectivity index (χ3v) is 4.14. The number of rotatable bonds is 7. The number of nitrogens with one attached hydrogen (secondary N) is 4. The highest BCUT2D eigenvalue weighted by Crippen LogP contribution is 2.20. The van der Waals surface area contributed by atoms with E-state index in [1.807, 2.05) is 24.3 Å². The van der Waals surface area contributed by atoms with E-state index in [0.717, 1.165) is 11.3 Å². The number of hydrogen-bond donors (Lipinski definition) is 4. The fraction of sp³-hybridized carbons (Fsp3) is 0.143. The number of anilines is 3. The van der Waals surface area contributed by atoms with Gasteiger partial charge in [0.2, 0.25) is 5.91 Å². The van der Waals surface area contributed by atoms with Crippen LogP contribution in [0.15, 0.2) is 53.6 Å². The number of nitrogens with zero attached hydrogens (tertiary/aromatic N) is 2. The normalized spacial score (nSPS) is 10.6. The quantitative estimate of drug-likeness (QED) is 0.354. The second-order valence-electron chi connectivity index (χ2n) is 6.43. The smallest absolute Gasteiger partial charge is 0.261 e. The number of aromatic nitrogens is 2. The van der Waals surface area contributed by atoms with Crippen LogP contribution in [0.25, 0.3) is 0 Å². The maximum Gasteiger partial charge on any atom is 0.261 e. The van der Waals surface area contributed by atoms with E-state index in [1.54, 1.807) is 44.5 Å². The van der Waals surface area contributed by atoms with E-state index in [0.29, 0.717) is 28.5 Å². The number of H-pyrrole nitrogens is 1. The van der Waals surface area contributed by atoms with Crippen LogP contribution in [0.3, 0.4) is 0 Å². The van der Waals surface area contributed by atoms with Gasteiger partial charge in [-0.1, -0.05) is 0 Å². The van der Waals surface area contributed by atoms with Gasteiger partial charge in [-0.25, -0.2) is 0 Å². The second-order valence-corrected chi connectivity index (χ2v) is 6.43. The van der Waals surface area contributed by atoms with Crippen LogP contribution in [0.4, 0.5) is 17.2 Å². The van der Waals surface area contributed by atoms with E-state index in [2.05, 4.69) is 31.4 Å². The molecule has 0 radical (unpaired) electrons. The largest absolute Gasteiger partial charge is 0.497 e. The van der Waals surface area contributed by atoms with E-state index >= 15 is 0 Å². The number of hydrazone groups is 1. The fourth-order valence-electron chi connectivity index (χ4n) is 2.68. The highest BCUT2D eigenvalue weighted by molar-refractivity contribution is 6.08. The first-order valence-corrected chi connectivity index (χ1v) is 9.13. The summed E-state index contributed by atoms with van der Waals surface area (Å²) < 4.78 is 5.12. The van der Waals surface area contributed by atoms with Gasteiger partial charge < -0.3 is 15.4 Å². The first-order chi connectivity index (χ1) is 14.5. The molecule has 1 heterocycles. The number of hydrogen-bond acceptors (Lipinski definition) is 6. The van der Waals surface area contributed by atoms with Crippen LogP contribution in [0.2, 0.25) is 0 Å². The molecular formula is C21H22N6O3. The highest BCUT2D eigenvalue weighted by Gasteiger charge is 2.18. The molecule has 154 valence electrons. The van der Waals surface area contributed by atoms with Crippen LogP contribution in [0.1, 0.15) is 28.5 Å². The molecule has 0 aliphatic carbocycles. The lowest BCUT2D eigenvalue weighted by atomic mass is 10.2. The van der Waals surface area contributed by atoms with Crippen molar-refractivity contribution in [1.29, 1.82) is 0 Å². The number of aryl methyl sites for hydroxylation is 1. The number of carbonyl (C=O) groups excluding carboxylic acids is 2. The van der Waals surface area contributed by atoms with Crippen LogP contribution in [-0.2, 0) is 4.79 Å². The first-order valence-electron chi connectivity index (χ1n) is 9.13. The predicted molar refractivity (Wildman–Crippen MR) is 116 cm³/mol. The van der Waals surface area contributed by atoms with E-state index in [4.69, 9.17) is 4.74 Å². The van der Waals surface area contributed by atoms with Gasteiger partial charge in [0.05, 0.1) is 13.3 Å². The Morgan fingerprint density at radius 2 is 1.67 bits per heavy atom. The Morgan fingerprint density at radius 3 is 2.27 bits per heavy atom. The van der Waals surface area contributed by atoms with Crippen molar-refractivity contribution in [2.75, 3.05) is 23.2 Å². The maximum atomic E-state index is 12.7. The molecule has 9 heteroatoms. The molecule has 0 saturated carbocycles. The zero-order valence-electron chi connectivity index (χ0n) is 16.8. The van der Waals surface area contributed by atoms with Crippen molar-refractivity contribution in [2.24, 2.45) is 5.10 Å². The zero-order chi connectivity index (χ0) is 21.5. The standard InChI is InChI=1S/C21H22N6O3/c1-13-19(21(29)24-17-8-6-16(7-9-17)23-14(2)28)20(27-25-13)26-22-12-15-4-10-18(30-3)11-5-15/h4-12H,1-3H3,(H,23,28)(H,24,29)(H2,25,26,27)/b22-12+. The van der Waals surface area contributed by atoms with Crippen molar-refractivity contribution >= 4 is 35.2 Å². The summed E-state index contributed by atoms with van der Waals surface area (Å²) in [6.07, 6.45) is 1.62. The van der Waals surface area contributed by atoms with E-state index in [1.165, 1.54) is 6.92 Å². The summed E-state index contributed by atoms with van der Waals surface area (Å²) in [4.78, 5) is 23.8. The number of methoxy groups -OCH3 is 1. The fourth-order valence-corrected chi connectivity index (χ4v) is 2.68. The number of aromatic amines is 1. The molecule has 0 aliphatic heterocycles. The van der Waals surface area contributed by atoms with Crippen LogP contribution in [0, 0.1) is 6.92 Å². The number of carbonyl (C=O) groups is 2. The second kappa shape index (κ2) is 9.37. The molecule has 0 fully saturated rings. The third kappa shape index (κ3) is 5.22. The summed E-state index contributed by atoms with van der Waals surface area (Å²) in [7, 11) is 1.61. The van der Waals surface area contributed by atoms with Crippen molar-refractivity contribution in [3.8, 4) is 5.75 Å².